The SMILES string of the molecule is CCCCCCCCCCCCCCCCCCCCCCC/C=C/CC/C=C/CC/C=C/C(O)C(COC1OC(CO)C(OC2OC(CO)C(OC3OC(CO)C(O)C(O)C3O)C(O)C2O)C(O)C1O)NC(=O)CCCCCCCCCCCCCCC. The van der Waals surface area contributed by atoms with Gasteiger partial charge in [0, 0.05) is 6.42 Å². The smallest absolute Gasteiger partial charge is 0.220 e. The summed E-state index contributed by atoms with van der Waals surface area (Å²) in [4.78, 5) is 13.3. The lowest BCUT2D eigenvalue weighted by atomic mass is 9.96. The number of hydrogen-bond donors (Lipinski definition) is 12. The van der Waals surface area contributed by atoms with Crippen LogP contribution in [0, 0.1) is 0 Å². The highest BCUT2D eigenvalue weighted by Gasteiger charge is 2.53. The number of aliphatic hydroxyl groups is 11. The summed E-state index contributed by atoms with van der Waals surface area (Å²) in [7, 11) is 0. The Labute approximate surface area is 536 Å². The van der Waals surface area contributed by atoms with E-state index in [9.17, 15) is 61.0 Å². The maximum Gasteiger partial charge on any atom is 0.220 e. The third kappa shape index (κ3) is 34.3. The van der Waals surface area contributed by atoms with Gasteiger partial charge < -0.3 is 89.9 Å². The summed E-state index contributed by atoms with van der Waals surface area (Å²) in [5.74, 6) is -0.288. The van der Waals surface area contributed by atoms with Gasteiger partial charge in [-0.2, -0.15) is 0 Å². The molecule has 1 amide bonds. The molecule has 0 aromatic heterocycles. The lowest BCUT2D eigenvalue weighted by molar-refractivity contribution is -0.379. The lowest BCUT2D eigenvalue weighted by Gasteiger charge is -2.48. The topological polar surface area (TPSA) is 307 Å². The molecule has 17 atom stereocenters. The highest BCUT2D eigenvalue weighted by atomic mass is 16.8. The molecular weight excluding hydrogens is 1140 g/mol. The molecule has 89 heavy (non-hydrogen) atoms. The minimum atomic E-state index is -1.98. The molecule has 0 aromatic carbocycles. The molecule has 19 heteroatoms. The second kappa shape index (κ2) is 52.3. The Balaban J connectivity index is 1.40. The Hall–Kier alpha value is -1.99. The lowest BCUT2D eigenvalue weighted by Crippen LogP contribution is -2.66. The van der Waals surface area contributed by atoms with E-state index in [1.807, 2.05) is 6.08 Å². The Morgan fingerprint density at radius 1 is 0.393 bits per heavy atom. The summed E-state index contributed by atoms with van der Waals surface area (Å²) in [6, 6.07) is -0.994. The molecule has 0 aromatic rings. The standard InChI is InChI=1S/C70H129NO18/c1-3-5-7-9-11-13-15-17-18-19-20-21-22-23-24-25-26-27-28-29-30-31-32-33-34-36-37-39-41-43-45-47-54(75)53(71-58(76)48-46-44-42-40-38-35-16-14-12-10-8-6-4-2)52-84-68-64(82)61(79)66(56(50-73)86-68)89-70-65(83)62(80)67(57(51-74)87-70)88-69-63(81)60(78)59(77)55(49-72)85-69/h32-33,37,39,45,47,53-57,59-70,72-75,77-83H,3-31,34-36,38,40-44,46,48-52H2,1-2H3,(H,71,76)/b33-32+,39-37+,47-45+. The van der Waals surface area contributed by atoms with Crippen molar-refractivity contribution in [3.63, 3.8) is 0 Å². The number of nitrogens with one attached hydrogen (secondary N) is 1. The van der Waals surface area contributed by atoms with Crippen LogP contribution in [0.25, 0.3) is 0 Å². The second-order valence-corrected chi connectivity index (χ2v) is 25.7. The van der Waals surface area contributed by atoms with Gasteiger partial charge in [0.25, 0.3) is 0 Å². The van der Waals surface area contributed by atoms with Crippen LogP contribution in [0.15, 0.2) is 36.5 Å². The van der Waals surface area contributed by atoms with E-state index in [4.69, 9.17) is 28.4 Å². The zero-order valence-electron chi connectivity index (χ0n) is 55.2. The maximum absolute atomic E-state index is 13.3. The molecule has 12 N–H and O–H groups in total. The third-order valence-corrected chi connectivity index (χ3v) is 17.9. The van der Waals surface area contributed by atoms with Crippen LogP contribution >= 0.6 is 0 Å². The fourth-order valence-corrected chi connectivity index (χ4v) is 12.1. The first-order valence-electron chi connectivity index (χ1n) is 35.7. The first-order chi connectivity index (χ1) is 43.3. The molecule has 0 radical (unpaired) electrons. The Bertz CT molecular complexity index is 1760. The molecule has 3 rings (SSSR count). The molecule has 3 aliphatic rings. The number of allylic oxidation sites excluding steroid dienone is 5. The minimum Gasteiger partial charge on any atom is -0.394 e. The fraction of sp³-hybridized carbons (Fsp3) is 0.900. The molecule has 3 saturated heterocycles. The molecule has 17 unspecified atom stereocenters. The Morgan fingerprint density at radius 2 is 0.719 bits per heavy atom. The van der Waals surface area contributed by atoms with E-state index < -0.39 is 124 Å². The van der Waals surface area contributed by atoms with Crippen molar-refractivity contribution in [2.24, 2.45) is 0 Å². The first kappa shape index (κ1) is 81.2. The average Bonchev–Trinajstić information content (AvgIpc) is 2.30. The molecule has 522 valence electrons. The maximum atomic E-state index is 13.3. The van der Waals surface area contributed by atoms with Gasteiger partial charge in [0.05, 0.1) is 38.6 Å². The summed E-state index contributed by atoms with van der Waals surface area (Å²) in [5, 5.41) is 120. The van der Waals surface area contributed by atoms with Crippen LogP contribution < -0.4 is 5.32 Å². The predicted octanol–water partition coefficient (Wildman–Crippen LogP) is 9.61. The molecule has 0 spiro atoms. The number of amides is 1. The van der Waals surface area contributed by atoms with E-state index in [1.165, 1.54) is 193 Å². The Morgan fingerprint density at radius 3 is 1.12 bits per heavy atom. The van der Waals surface area contributed by atoms with Gasteiger partial charge in [-0.15, -0.1) is 0 Å². The zero-order chi connectivity index (χ0) is 64.7. The molecule has 3 aliphatic heterocycles. The van der Waals surface area contributed by atoms with Crippen LogP contribution in [0.3, 0.4) is 0 Å². The van der Waals surface area contributed by atoms with Gasteiger partial charge in [-0.05, 0) is 44.9 Å². The normalized spacial score (nSPS) is 28.4. The number of unbranched alkanes of at least 4 members (excludes halogenated alkanes) is 35. The van der Waals surface area contributed by atoms with Crippen molar-refractivity contribution in [2.45, 2.75) is 375 Å². The van der Waals surface area contributed by atoms with Gasteiger partial charge in [-0.25, -0.2) is 0 Å². The highest BCUT2D eigenvalue weighted by molar-refractivity contribution is 5.76. The van der Waals surface area contributed by atoms with Crippen molar-refractivity contribution in [1.82, 2.24) is 5.32 Å². The van der Waals surface area contributed by atoms with Crippen LogP contribution in [0.5, 0.6) is 0 Å². The van der Waals surface area contributed by atoms with Gasteiger partial charge in [-0.1, -0.05) is 256 Å². The molecule has 19 nitrogen and oxygen atoms in total. The summed E-state index contributed by atoms with van der Waals surface area (Å²) in [5.41, 5.74) is 0. The minimum absolute atomic E-state index is 0.235. The molecule has 3 heterocycles. The first-order valence-corrected chi connectivity index (χ1v) is 35.7. The van der Waals surface area contributed by atoms with Gasteiger partial charge in [0.2, 0.25) is 5.91 Å². The van der Waals surface area contributed by atoms with Gasteiger partial charge in [-0.3, -0.25) is 4.79 Å². The largest absolute Gasteiger partial charge is 0.394 e. The van der Waals surface area contributed by atoms with Crippen molar-refractivity contribution < 1.29 is 89.4 Å². The molecule has 0 saturated carbocycles. The van der Waals surface area contributed by atoms with Crippen molar-refractivity contribution in [2.75, 3.05) is 26.4 Å². The van der Waals surface area contributed by atoms with Crippen molar-refractivity contribution in [3.05, 3.63) is 36.5 Å². The van der Waals surface area contributed by atoms with E-state index in [0.29, 0.717) is 12.8 Å². The third-order valence-electron chi connectivity index (χ3n) is 17.9. The average molecular weight is 1270 g/mol. The van der Waals surface area contributed by atoms with Crippen molar-refractivity contribution in [3.8, 4) is 0 Å². The summed E-state index contributed by atoms with van der Waals surface area (Å²) < 4.78 is 34.3. The van der Waals surface area contributed by atoms with Crippen LogP contribution in [0.1, 0.15) is 271 Å². The van der Waals surface area contributed by atoms with E-state index in [1.54, 1.807) is 6.08 Å². The number of carbonyl (C=O) groups is 1. The van der Waals surface area contributed by atoms with E-state index in [2.05, 4.69) is 43.5 Å². The summed E-state index contributed by atoms with van der Waals surface area (Å²) in [6.07, 6.45) is 34.4. The number of hydrogen-bond acceptors (Lipinski definition) is 18. The van der Waals surface area contributed by atoms with Crippen molar-refractivity contribution in [1.29, 1.82) is 0 Å². The predicted molar refractivity (Wildman–Crippen MR) is 346 cm³/mol. The number of carbonyl (C=O) groups excluding carboxylic acids is 1. The molecule has 3 fully saturated rings. The monoisotopic (exact) mass is 1270 g/mol. The van der Waals surface area contributed by atoms with Crippen LogP contribution in [0.2, 0.25) is 0 Å². The molecule has 0 aliphatic carbocycles. The van der Waals surface area contributed by atoms with Crippen LogP contribution in [-0.2, 0) is 33.2 Å². The number of ether oxygens (including phenoxy) is 6. The fourth-order valence-electron chi connectivity index (χ4n) is 12.1. The quantitative estimate of drug-likeness (QED) is 0.0199. The zero-order valence-corrected chi connectivity index (χ0v) is 55.2. The van der Waals surface area contributed by atoms with E-state index >= 15 is 0 Å². The summed E-state index contributed by atoms with van der Waals surface area (Å²) >= 11 is 0. The molecule has 0 bridgehead atoms. The van der Waals surface area contributed by atoms with E-state index in [0.717, 1.165) is 44.9 Å². The van der Waals surface area contributed by atoms with Crippen molar-refractivity contribution >= 4 is 5.91 Å². The highest BCUT2D eigenvalue weighted by Crippen LogP contribution is 2.33. The number of aliphatic hydroxyl groups excluding tert-OH is 11. The summed E-state index contributed by atoms with van der Waals surface area (Å²) in [6.45, 7) is 1.72. The molecular formula is C70H129NO18. The second-order valence-electron chi connectivity index (χ2n) is 25.7. The van der Waals surface area contributed by atoms with Gasteiger partial charge in [0.15, 0.2) is 18.9 Å². The number of rotatable bonds is 55. The Kier molecular flexibility index (Phi) is 47.7. The van der Waals surface area contributed by atoms with Gasteiger partial charge >= 0.3 is 0 Å². The van der Waals surface area contributed by atoms with E-state index in [-0.39, 0.29) is 18.9 Å². The van der Waals surface area contributed by atoms with Gasteiger partial charge in [0.1, 0.15) is 73.2 Å². The van der Waals surface area contributed by atoms with Crippen LogP contribution in [0.4, 0.5) is 0 Å². The van der Waals surface area contributed by atoms with Crippen LogP contribution in [-0.4, -0.2) is 193 Å².